The van der Waals surface area contributed by atoms with E-state index in [-0.39, 0.29) is 10.8 Å². The number of aromatic nitrogens is 2. The number of amides is 1. The van der Waals surface area contributed by atoms with Crippen molar-refractivity contribution in [3.8, 4) is 5.75 Å². The summed E-state index contributed by atoms with van der Waals surface area (Å²) in [5, 5.41) is 3.00. The van der Waals surface area contributed by atoms with Crippen molar-refractivity contribution in [2.45, 2.75) is 44.2 Å². The number of methoxy groups -OCH3 is 1. The van der Waals surface area contributed by atoms with Gasteiger partial charge in [-0.05, 0) is 37.5 Å². The molecule has 2 heterocycles. The van der Waals surface area contributed by atoms with Gasteiger partial charge in [0.05, 0.1) is 25.4 Å². The molecule has 168 valence electrons. The van der Waals surface area contributed by atoms with Gasteiger partial charge in [0.25, 0.3) is 0 Å². The predicted molar refractivity (Wildman–Crippen MR) is 117 cm³/mol. The Morgan fingerprint density at radius 2 is 2.06 bits per heavy atom. The molecule has 1 amide bonds. The molecule has 9 nitrogen and oxygen atoms in total. The highest BCUT2D eigenvalue weighted by Crippen LogP contribution is 2.38. The third-order valence-electron chi connectivity index (χ3n) is 5.40. The third kappa shape index (κ3) is 4.80. The lowest BCUT2D eigenvalue weighted by atomic mass is 10.2. The van der Waals surface area contributed by atoms with Gasteiger partial charge in [0, 0.05) is 33.6 Å². The molecule has 3 rings (SSSR count). The molecular weight excluding hydrogens is 418 g/mol. The molecule has 1 saturated heterocycles. The minimum absolute atomic E-state index is 0.0808. The second-order valence-corrected chi connectivity index (χ2v) is 9.51. The van der Waals surface area contributed by atoms with E-state index in [9.17, 15) is 13.2 Å². The molecule has 1 aromatic carbocycles. The van der Waals surface area contributed by atoms with Gasteiger partial charge in [-0.1, -0.05) is 6.07 Å². The molecule has 0 aliphatic carbocycles. The molecule has 1 atom stereocenters. The molecule has 0 bridgehead atoms. The molecule has 1 aliphatic rings. The van der Waals surface area contributed by atoms with Crippen LogP contribution < -0.4 is 10.1 Å². The zero-order valence-corrected chi connectivity index (χ0v) is 19.4. The summed E-state index contributed by atoms with van der Waals surface area (Å²) in [5.74, 6) is 1.23. The summed E-state index contributed by atoms with van der Waals surface area (Å²) in [4.78, 5) is 22.5. The Kier molecular flexibility index (Phi) is 6.80. The van der Waals surface area contributed by atoms with Crippen molar-refractivity contribution in [3.63, 3.8) is 0 Å². The highest BCUT2D eigenvalue weighted by molar-refractivity contribution is 7.89. The first kappa shape index (κ1) is 23.0. The number of sulfonamides is 1. The molecule has 1 aromatic heterocycles. The highest BCUT2D eigenvalue weighted by Gasteiger charge is 2.39. The molecule has 1 fully saturated rings. The minimum Gasteiger partial charge on any atom is -0.495 e. The Hall–Kier alpha value is -2.72. The topological polar surface area (TPSA) is 105 Å². The molecule has 0 radical (unpaired) electrons. The quantitative estimate of drug-likeness (QED) is 0.695. The standard InChI is InChI=1S/C21H29N5O4S/c1-14-8-9-18(30-5)19(11-14)31(28,29)26-10-6-7-17(26)21-23-16(12-20(22-3)24-21)13-25(4)15(2)27/h8-9,11-12,17H,6-7,10,13H2,1-5H3,(H,22,23,24)/t17-/m1/s1. The van der Waals surface area contributed by atoms with E-state index in [0.717, 1.165) is 5.56 Å². The van der Waals surface area contributed by atoms with Crippen LogP contribution in [0.5, 0.6) is 5.75 Å². The first-order valence-electron chi connectivity index (χ1n) is 10.1. The van der Waals surface area contributed by atoms with Crippen molar-refractivity contribution in [1.82, 2.24) is 19.2 Å². The lowest BCUT2D eigenvalue weighted by molar-refractivity contribution is -0.128. The van der Waals surface area contributed by atoms with Gasteiger partial charge in [-0.25, -0.2) is 18.4 Å². The lowest BCUT2D eigenvalue weighted by Gasteiger charge is -2.25. The summed E-state index contributed by atoms with van der Waals surface area (Å²) in [6.07, 6.45) is 1.32. The van der Waals surface area contributed by atoms with Gasteiger partial charge in [-0.15, -0.1) is 0 Å². The van der Waals surface area contributed by atoms with Crippen LogP contribution in [-0.2, 0) is 21.4 Å². The number of anilines is 1. The summed E-state index contributed by atoms with van der Waals surface area (Å²) < 4.78 is 33.9. The lowest BCUT2D eigenvalue weighted by Crippen LogP contribution is -2.32. The largest absolute Gasteiger partial charge is 0.495 e. The fraction of sp³-hybridized carbons (Fsp3) is 0.476. The van der Waals surface area contributed by atoms with Crippen molar-refractivity contribution in [3.05, 3.63) is 41.3 Å². The van der Waals surface area contributed by atoms with E-state index in [4.69, 9.17) is 4.74 Å². The van der Waals surface area contributed by atoms with Crippen LogP contribution in [0.15, 0.2) is 29.2 Å². The molecule has 2 aromatic rings. The van der Waals surface area contributed by atoms with Gasteiger partial charge in [0.15, 0.2) is 0 Å². The smallest absolute Gasteiger partial charge is 0.247 e. The van der Waals surface area contributed by atoms with Gasteiger partial charge in [0.1, 0.15) is 22.3 Å². The normalized spacial score (nSPS) is 16.9. The molecule has 0 saturated carbocycles. The van der Waals surface area contributed by atoms with E-state index in [1.165, 1.54) is 18.3 Å². The Bertz CT molecular complexity index is 1070. The Balaban J connectivity index is 2.02. The molecule has 31 heavy (non-hydrogen) atoms. The van der Waals surface area contributed by atoms with Crippen molar-refractivity contribution < 1.29 is 17.9 Å². The zero-order chi connectivity index (χ0) is 22.8. The van der Waals surface area contributed by atoms with Crippen LogP contribution in [0.25, 0.3) is 0 Å². The molecule has 10 heteroatoms. The molecule has 1 aliphatic heterocycles. The van der Waals surface area contributed by atoms with Gasteiger partial charge < -0.3 is 15.0 Å². The second kappa shape index (κ2) is 9.19. The second-order valence-electron chi connectivity index (χ2n) is 7.66. The molecule has 1 N–H and O–H groups in total. The number of rotatable bonds is 7. The van der Waals surface area contributed by atoms with Crippen LogP contribution in [0.1, 0.15) is 42.9 Å². The summed E-state index contributed by atoms with van der Waals surface area (Å²) in [5.41, 5.74) is 1.47. The number of hydrogen-bond acceptors (Lipinski definition) is 7. The van der Waals surface area contributed by atoms with Crippen LogP contribution >= 0.6 is 0 Å². The van der Waals surface area contributed by atoms with Crippen molar-refractivity contribution in [2.75, 3.05) is 33.1 Å². The minimum atomic E-state index is -3.83. The molecule has 0 unspecified atom stereocenters. The molecular formula is C21H29N5O4S. The summed E-state index contributed by atoms with van der Waals surface area (Å²) in [6.45, 7) is 4.02. The SMILES string of the molecule is CNc1cc(CN(C)C(C)=O)nc([C@H]2CCCN2S(=O)(=O)c2cc(C)ccc2OC)n1. The highest BCUT2D eigenvalue weighted by atomic mass is 32.2. The van der Waals surface area contributed by atoms with Crippen LogP contribution in [0, 0.1) is 6.92 Å². The van der Waals surface area contributed by atoms with E-state index in [2.05, 4.69) is 15.3 Å². The van der Waals surface area contributed by atoms with Crippen molar-refractivity contribution in [2.24, 2.45) is 0 Å². The van der Waals surface area contributed by atoms with E-state index in [0.29, 0.717) is 49.0 Å². The van der Waals surface area contributed by atoms with Crippen LogP contribution in [-0.4, -0.2) is 61.2 Å². The first-order chi connectivity index (χ1) is 14.7. The van der Waals surface area contributed by atoms with Crippen molar-refractivity contribution in [1.29, 1.82) is 0 Å². The maximum Gasteiger partial charge on any atom is 0.247 e. The van der Waals surface area contributed by atoms with E-state index < -0.39 is 16.1 Å². The number of aryl methyl sites for hydroxylation is 1. The van der Waals surface area contributed by atoms with Gasteiger partial charge in [0.2, 0.25) is 15.9 Å². The summed E-state index contributed by atoms with van der Waals surface area (Å²) in [7, 11) is 1.07. The fourth-order valence-electron chi connectivity index (χ4n) is 3.63. The zero-order valence-electron chi connectivity index (χ0n) is 18.5. The number of ether oxygens (including phenoxy) is 1. The van der Waals surface area contributed by atoms with Gasteiger partial charge in [-0.2, -0.15) is 4.31 Å². The third-order valence-corrected chi connectivity index (χ3v) is 7.33. The van der Waals surface area contributed by atoms with Crippen LogP contribution in [0.2, 0.25) is 0 Å². The number of benzene rings is 1. The first-order valence-corrected chi connectivity index (χ1v) is 11.5. The summed E-state index contributed by atoms with van der Waals surface area (Å²) in [6, 6.07) is 6.38. The Labute approximate surface area is 183 Å². The average Bonchev–Trinajstić information content (AvgIpc) is 3.24. The predicted octanol–water partition coefficient (Wildman–Crippen LogP) is 2.34. The number of hydrogen-bond donors (Lipinski definition) is 1. The number of nitrogens with zero attached hydrogens (tertiary/aromatic N) is 4. The average molecular weight is 448 g/mol. The van der Waals surface area contributed by atoms with Gasteiger partial charge >= 0.3 is 0 Å². The van der Waals surface area contributed by atoms with E-state index in [1.807, 2.05) is 13.0 Å². The molecule has 0 spiro atoms. The van der Waals surface area contributed by atoms with Gasteiger partial charge in [-0.3, -0.25) is 4.79 Å². The Morgan fingerprint density at radius 3 is 2.71 bits per heavy atom. The fourth-order valence-corrected chi connectivity index (χ4v) is 5.53. The van der Waals surface area contributed by atoms with Crippen molar-refractivity contribution >= 4 is 21.7 Å². The maximum absolute atomic E-state index is 13.6. The monoisotopic (exact) mass is 447 g/mol. The van der Waals surface area contributed by atoms with E-state index in [1.54, 1.807) is 37.2 Å². The number of nitrogens with one attached hydrogen (secondary N) is 1. The Morgan fingerprint density at radius 1 is 1.32 bits per heavy atom. The van der Waals surface area contributed by atoms with E-state index >= 15 is 0 Å². The van der Waals surface area contributed by atoms with Crippen LogP contribution in [0.3, 0.4) is 0 Å². The summed E-state index contributed by atoms with van der Waals surface area (Å²) >= 11 is 0. The number of carbonyl (C=O) groups is 1. The maximum atomic E-state index is 13.6. The van der Waals surface area contributed by atoms with Crippen LogP contribution in [0.4, 0.5) is 5.82 Å². The number of carbonyl (C=O) groups excluding carboxylic acids is 1.